The minimum absolute atomic E-state index is 0.0142. The van der Waals surface area contributed by atoms with Crippen molar-refractivity contribution >= 4 is 44.8 Å². The molecule has 2 amide bonds. The SMILES string of the molecule is NCCNC(=O)C1N(C(=O)c2ccc(Cl)cc2)CCN1S(=O)(=O)c1cccs1. The maximum Gasteiger partial charge on any atom is 0.259 e. The molecule has 150 valence electrons. The Kier molecular flexibility index (Phi) is 6.36. The summed E-state index contributed by atoms with van der Waals surface area (Å²) < 4.78 is 27.2. The van der Waals surface area contributed by atoms with Crippen molar-refractivity contribution in [2.24, 2.45) is 5.73 Å². The second kappa shape index (κ2) is 8.58. The number of amides is 2. The Labute approximate surface area is 171 Å². The van der Waals surface area contributed by atoms with Crippen LogP contribution in [0.1, 0.15) is 10.4 Å². The molecule has 1 saturated heterocycles. The number of hydrogen-bond donors (Lipinski definition) is 2. The molecule has 3 rings (SSSR count). The Bertz CT molecular complexity index is 948. The van der Waals surface area contributed by atoms with Gasteiger partial charge in [-0.1, -0.05) is 17.7 Å². The van der Waals surface area contributed by atoms with Crippen LogP contribution in [0.4, 0.5) is 0 Å². The number of sulfonamides is 1. The van der Waals surface area contributed by atoms with Crippen LogP contribution < -0.4 is 11.1 Å². The fourth-order valence-corrected chi connectivity index (χ4v) is 5.70. The smallest absolute Gasteiger partial charge is 0.259 e. The third-order valence-corrected chi connectivity index (χ3v) is 7.70. The molecule has 2 aromatic rings. The standard InChI is InChI=1S/C17H19ClN4O4S2/c18-13-5-3-12(4-6-13)17(24)21-9-10-22(16(21)15(23)20-8-7-19)28(25,26)14-2-1-11-27-14/h1-6,11,16H,7-10,19H2,(H,20,23). The van der Waals surface area contributed by atoms with Crippen molar-refractivity contribution in [1.29, 1.82) is 0 Å². The highest BCUT2D eigenvalue weighted by atomic mass is 35.5. The molecule has 0 bridgehead atoms. The van der Waals surface area contributed by atoms with Gasteiger partial charge in [-0.2, -0.15) is 4.31 Å². The zero-order valence-electron chi connectivity index (χ0n) is 14.7. The number of nitrogens with one attached hydrogen (secondary N) is 1. The zero-order chi connectivity index (χ0) is 20.3. The highest BCUT2D eigenvalue weighted by Crippen LogP contribution is 2.28. The quantitative estimate of drug-likeness (QED) is 0.691. The molecule has 1 aromatic carbocycles. The van der Waals surface area contributed by atoms with Crippen molar-refractivity contribution in [3.05, 3.63) is 52.4 Å². The molecule has 1 atom stereocenters. The summed E-state index contributed by atoms with van der Waals surface area (Å²) in [5, 5.41) is 4.70. The predicted octanol–water partition coefficient (Wildman–Crippen LogP) is 0.949. The second-order valence-corrected chi connectivity index (χ2v) is 9.51. The molecule has 0 saturated carbocycles. The molecule has 1 aliphatic heterocycles. The molecular weight excluding hydrogens is 424 g/mol. The fraction of sp³-hybridized carbons (Fsp3) is 0.294. The van der Waals surface area contributed by atoms with Crippen LogP contribution in [0.5, 0.6) is 0 Å². The highest BCUT2D eigenvalue weighted by Gasteiger charge is 2.46. The first-order valence-corrected chi connectivity index (χ1v) is 11.2. The first kappa shape index (κ1) is 20.7. The van der Waals surface area contributed by atoms with Gasteiger partial charge in [0.1, 0.15) is 4.21 Å². The Hall–Kier alpha value is -1.98. The van der Waals surface area contributed by atoms with E-state index in [9.17, 15) is 18.0 Å². The Morgan fingerprint density at radius 1 is 1.21 bits per heavy atom. The van der Waals surface area contributed by atoms with E-state index < -0.39 is 28.0 Å². The van der Waals surface area contributed by atoms with Crippen molar-refractivity contribution in [3.8, 4) is 0 Å². The lowest BCUT2D eigenvalue weighted by atomic mass is 10.2. The van der Waals surface area contributed by atoms with Gasteiger partial charge in [0.25, 0.3) is 21.8 Å². The normalized spacial score (nSPS) is 17.6. The van der Waals surface area contributed by atoms with Gasteiger partial charge in [-0.3, -0.25) is 9.59 Å². The van der Waals surface area contributed by atoms with Crippen LogP contribution in [0.15, 0.2) is 46.0 Å². The summed E-state index contributed by atoms with van der Waals surface area (Å²) >= 11 is 6.92. The monoisotopic (exact) mass is 442 g/mol. The summed E-state index contributed by atoms with van der Waals surface area (Å²) in [5.74, 6) is -1.04. The van der Waals surface area contributed by atoms with Gasteiger partial charge in [-0.25, -0.2) is 8.42 Å². The average molecular weight is 443 g/mol. The Morgan fingerprint density at radius 2 is 1.93 bits per heavy atom. The van der Waals surface area contributed by atoms with Gasteiger partial charge in [0.15, 0.2) is 6.17 Å². The highest BCUT2D eigenvalue weighted by molar-refractivity contribution is 7.91. The Morgan fingerprint density at radius 3 is 2.54 bits per heavy atom. The van der Waals surface area contributed by atoms with E-state index in [0.29, 0.717) is 10.6 Å². The molecule has 2 heterocycles. The number of carbonyl (C=O) groups is 2. The summed E-state index contributed by atoms with van der Waals surface area (Å²) in [5.41, 5.74) is 5.75. The molecule has 0 spiro atoms. The number of benzene rings is 1. The van der Waals surface area contributed by atoms with Gasteiger partial charge < -0.3 is 16.0 Å². The molecule has 0 aliphatic carbocycles. The summed E-state index contributed by atoms with van der Waals surface area (Å²) in [7, 11) is -3.93. The first-order chi connectivity index (χ1) is 13.4. The summed E-state index contributed by atoms with van der Waals surface area (Å²) in [6.07, 6.45) is -1.29. The van der Waals surface area contributed by atoms with E-state index in [0.717, 1.165) is 15.6 Å². The number of halogens is 1. The van der Waals surface area contributed by atoms with E-state index in [1.54, 1.807) is 23.6 Å². The van der Waals surface area contributed by atoms with E-state index >= 15 is 0 Å². The number of nitrogens with zero attached hydrogens (tertiary/aromatic N) is 2. The van der Waals surface area contributed by atoms with Gasteiger partial charge in [-0.05, 0) is 35.7 Å². The van der Waals surface area contributed by atoms with E-state index in [1.165, 1.54) is 23.1 Å². The predicted molar refractivity (Wildman–Crippen MR) is 107 cm³/mol. The lowest BCUT2D eigenvalue weighted by Gasteiger charge is -2.28. The molecule has 1 aromatic heterocycles. The third kappa shape index (κ3) is 4.06. The Balaban J connectivity index is 1.95. The molecule has 3 N–H and O–H groups in total. The first-order valence-electron chi connectivity index (χ1n) is 8.46. The van der Waals surface area contributed by atoms with Crippen LogP contribution >= 0.6 is 22.9 Å². The second-order valence-electron chi connectivity index (χ2n) is 6.01. The summed E-state index contributed by atoms with van der Waals surface area (Å²) in [6, 6.07) is 9.29. The number of nitrogens with two attached hydrogens (primary N) is 1. The molecule has 28 heavy (non-hydrogen) atoms. The molecular formula is C17H19ClN4O4S2. The summed E-state index contributed by atoms with van der Waals surface area (Å²) in [6.45, 7) is 0.472. The average Bonchev–Trinajstić information content (AvgIpc) is 3.36. The zero-order valence-corrected chi connectivity index (χ0v) is 17.1. The van der Waals surface area contributed by atoms with Crippen LogP contribution in [-0.2, 0) is 14.8 Å². The van der Waals surface area contributed by atoms with Crippen molar-refractivity contribution < 1.29 is 18.0 Å². The minimum Gasteiger partial charge on any atom is -0.352 e. The lowest BCUT2D eigenvalue weighted by molar-refractivity contribution is -0.127. The fourth-order valence-electron chi connectivity index (χ4n) is 2.91. The molecule has 11 heteroatoms. The van der Waals surface area contributed by atoms with Crippen LogP contribution in [0, 0.1) is 0 Å². The van der Waals surface area contributed by atoms with Crippen LogP contribution in [0.25, 0.3) is 0 Å². The van der Waals surface area contributed by atoms with E-state index in [-0.39, 0.29) is 30.4 Å². The third-order valence-electron chi connectivity index (χ3n) is 4.22. The van der Waals surface area contributed by atoms with Gasteiger partial charge in [0.05, 0.1) is 0 Å². The van der Waals surface area contributed by atoms with E-state index in [4.69, 9.17) is 17.3 Å². The van der Waals surface area contributed by atoms with Crippen LogP contribution in [-0.4, -0.2) is 61.8 Å². The van der Waals surface area contributed by atoms with Crippen molar-refractivity contribution in [3.63, 3.8) is 0 Å². The van der Waals surface area contributed by atoms with Crippen molar-refractivity contribution in [1.82, 2.24) is 14.5 Å². The summed E-state index contributed by atoms with van der Waals surface area (Å²) in [4.78, 5) is 27.0. The maximum absolute atomic E-state index is 13.0. The van der Waals surface area contributed by atoms with Crippen molar-refractivity contribution in [2.45, 2.75) is 10.4 Å². The van der Waals surface area contributed by atoms with Crippen LogP contribution in [0.3, 0.4) is 0 Å². The largest absolute Gasteiger partial charge is 0.352 e. The van der Waals surface area contributed by atoms with Gasteiger partial charge in [-0.15, -0.1) is 11.3 Å². The number of thiophene rings is 1. The topological polar surface area (TPSA) is 113 Å². The van der Waals surface area contributed by atoms with Crippen LogP contribution in [0.2, 0.25) is 5.02 Å². The number of rotatable bonds is 6. The van der Waals surface area contributed by atoms with E-state index in [1.807, 2.05) is 0 Å². The lowest BCUT2D eigenvalue weighted by Crippen LogP contribution is -2.54. The number of hydrogen-bond acceptors (Lipinski definition) is 6. The molecule has 1 unspecified atom stereocenters. The van der Waals surface area contributed by atoms with E-state index in [2.05, 4.69) is 5.32 Å². The van der Waals surface area contributed by atoms with Gasteiger partial charge >= 0.3 is 0 Å². The maximum atomic E-state index is 13.0. The minimum atomic E-state index is -3.93. The number of carbonyl (C=O) groups excluding carboxylic acids is 2. The van der Waals surface area contributed by atoms with Gasteiger partial charge in [0.2, 0.25) is 0 Å². The molecule has 0 radical (unpaired) electrons. The molecule has 8 nitrogen and oxygen atoms in total. The van der Waals surface area contributed by atoms with Crippen molar-refractivity contribution in [2.75, 3.05) is 26.2 Å². The molecule has 1 aliphatic rings. The molecule has 1 fully saturated rings. The van der Waals surface area contributed by atoms with Gasteiger partial charge in [0, 0.05) is 36.8 Å².